The fourth-order valence-corrected chi connectivity index (χ4v) is 3.65. The van der Waals surface area contributed by atoms with Crippen LogP contribution in [0.2, 0.25) is 0 Å². The molecule has 0 heterocycles. The third-order valence-electron chi connectivity index (χ3n) is 5.27. The lowest BCUT2D eigenvalue weighted by atomic mass is 9.95. The largest absolute Gasteiger partial charge is 0.468 e. The molecule has 0 fully saturated rings. The summed E-state index contributed by atoms with van der Waals surface area (Å²) in [7, 11) is 1.23. The number of hydrogen-bond acceptors (Lipinski definition) is 6. The van der Waals surface area contributed by atoms with Crippen LogP contribution >= 0.6 is 0 Å². The van der Waals surface area contributed by atoms with Gasteiger partial charge in [-0.3, -0.25) is 14.4 Å². The maximum absolute atomic E-state index is 13.9. The van der Waals surface area contributed by atoms with Crippen LogP contribution in [0, 0.1) is 19.8 Å². The van der Waals surface area contributed by atoms with E-state index in [9.17, 15) is 19.2 Å². The molecule has 0 aliphatic rings. The molecule has 0 saturated heterocycles. The Morgan fingerprint density at radius 1 is 1.09 bits per heavy atom. The molecule has 3 amide bonds. The van der Waals surface area contributed by atoms with Crippen molar-refractivity contribution in [2.75, 3.05) is 20.2 Å². The molecule has 0 spiro atoms. The van der Waals surface area contributed by atoms with Gasteiger partial charge >= 0.3 is 12.1 Å². The number of benzene rings is 1. The van der Waals surface area contributed by atoms with Crippen LogP contribution in [0.3, 0.4) is 0 Å². The number of nitrogens with zero attached hydrogens (tertiary/aromatic N) is 1. The van der Waals surface area contributed by atoms with E-state index in [0.717, 1.165) is 11.1 Å². The molecule has 9 nitrogen and oxygen atoms in total. The first kappa shape index (κ1) is 29.9. The second-order valence-electron chi connectivity index (χ2n) is 9.96. The van der Waals surface area contributed by atoms with Crippen LogP contribution in [0.5, 0.6) is 0 Å². The minimum atomic E-state index is -1.01. The van der Waals surface area contributed by atoms with Gasteiger partial charge in [-0.25, -0.2) is 4.79 Å². The van der Waals surface area contributed by atoms with Gasteiger partial charge in [-0.05, 0) is 58.1 Å². The lowest BCUT2D eigenvalue weighted by molar-refractivity contribution is -0.145. The van der Waals surface area contributed by atoms with Gasteiger partial charge in [-0.15, -0.1) is 0 Å². The van der Waals surface area contributed by atoms with Crippen molar-refractivity contribution in [3.05, 3.63) is 34.9 Å². The van der Waals surface area contributed by atoms with Crippen LogP contribution in [0.4, 0.5) is 4.79 Å². The van der Waals surface area contributed by atoms with Gasteiger partial charge in [-0.1, -0.05) is 44.5 Å². The summed E-state index contributed by atoms with van der Waals surface area (Å²) in [6.45, 7) is 14.5. The maximum Gasteiger partial charge on any atom is 0.408 e. The number of methoxy groups -OCH3 is 1. The molecule has 1 aromatic rings. The molecule has 0 aliphatic carbocycles. The minimum Gasteiger partial charge on any atom is -0.468 e. The van der Waals surface area contributed by atoms with Crippen LogP contribution in [-0.2, 0) is 23.9 Å². The van der Waals surface area contributed by atoms with Crippen LogP contribution in [0.15, 0.2) is 18.2 Å². The Morgan fingerprint density at radius 3 is 2.20 bits per heavy atom. The van der Waals surface area contributed by atoms with Crippen molar-refractivity contribution in [2.24, 2.45) is 5.92 Å². The summed E-state index contributed by atoms with van der Waals surface area (Å²) in [6, 6.07) is 3.70. The summed E-state index contributed by atoms with van der Waals surface area (Å²) in [6.07, 6.45) is -0.131. The number of amides is 3. The molecule has 9 heteroatoms. The molecule has 0 aliphatic heterocycles. The Balaban J connectivity index is 3.46. The van der Waals surface area contributed by atoms with Gasteiger partial charge in [0, 0.05) is 6.54 Å². The number of esters is 1. The molecule has 0 bridgehead atoms. The van der Waals surface area contributed by atoms with Crippen LogP contribution in [0.25, 0.3) is 0 Å². The molecule has 1 rings (SSSR count). The number of carbonyl (C=O) groups is 4. The molecule has 196 valence electrons. The number of nitrogens with one attached hydrogen (secondary N) is 2. The van der Waals surface area contributed by atoms with Crippen LogP contribution in [-0.4, -0.2) is 60.6 Å². The van der Waals surface area contributed by atoms with Gasteiger partial charge in [0.1, 0.15) is 24.2 Å². The van der Waals surface area contributed by atoms with Crippen molar-refractivity contribution in [2.45, 2.75) is 79.5 Å². The highest BCUT2D eigenvalue weighted by molar-refractivity contribution is 5.93. The van der Waals surface area contributed by atoms with Gasteiger partial charge in [0.2, 0.25) is 11.8 Å². The smallest absolute Gasteiger partial charge is 0.408 e. The molecular weight excluding hydrogens is 450 g/mol. The highest BCUT2D eigenvalue weighted by Crippen LogP contribution is 2.27. The first-order valence-corrected chi connectivity index (χ1v) is 11.9. The Kier molecular flexibility index (Phi) is 11.2. The monoisotopic (exact) mass is 491 g/mol. The summed E-state index contributed by atoms with van der Waals surface area (Å²) in [5.41, 5.74) is 1.76. The second kappa shape index (κ2) is 13.1. The zero-order valence-corrected chi connectivity index (χ0v) is 22.5. The first-order chi connectivity index (χ1) is 16.2. The quantitative estimate of drug-likeness (QED) is 0.485. The fraction of sp³-hybridized carbons (Fsp3) is 0.615. The molecule has 2 N–H and O–H groups in total. The highest BCUT2D eigenvalue weighted by atomic mass is 16.6. The Bertz CT molecular complexity index is 907. The van der Waals surface area contributed by atoms with Gasteiger partial charge < -0.3 is 25.0 Å². The van der Waals surface area contributed by atoms with E-state index in [0.29, 0.717) is 12.0 Å². The highest BCUT2D eigenvalue weighted by Gasteiger charge is 2.37. The fourth-order valence-electron chi connectivity index (χ4n) is 3.65. The van der Waals surface area contributed by atoms with Crippen molar-refractivity contribution in [3.63, 3.8) is 0 Å². The van der Waals surface area contributed by atoms with E-state index in [1.807, 2.05) is 52.8 Å². The average Bonchev–Trinajstić information content (AvgIpc) is 2.74. The molecule has 2 unspecified atom stereocenters. The standard InChI is InChI=1S/C26H41N3O6/c1-10-13-29(24(32)21(16(2)3)28-25(33)35-26(6,7)8)22(23(31)27-15-20(30)34-9)19-12-11-17(4)14-18(19)5/h11-12,14,16,21-22H,10,13,15H2,1-9H3,(H,27,31)(H,28,33). The Morgan fingerprint density at radius 2 is 1.71 bits per heavy atom. The van der Waals surface area contributed by atoms with E-state index in [-0.39, 0.29) is 19.0 Å². The summed E-state index contributed by atoms with van der Waals surface area (Å²) in [4.78, 5) is 52.9. The van der Waals surface area contributed by atoms with Gasteiger partial charge in [0.25, 0.3) is 0 Å². The van der Waals surface area contributed by atoms with E-state index in [4.69, 9.17) is 4.74 Å². The molecule has 2 atom stereocenters. The topological polar surface area (TPSA) is 114 Å². The first-order valence-electron chi connectivity index (χ1n) is 11.9. The third kappa shape index (κ3) is 9.22. The number of alkyl carbamates (subject to hydrolysis) is 1. The normalized spacial score (nSPS) is 13.0. The maximum atomic E-state index is 13.9. The molecule has 0 saturated carbocycles. The molecule has 0 radical (unpaired) electrons. The lowest BCUT2D eigenvalue weighted by Crippen LogP contribution is -2.55. The van der Waals surface area contributed by atoms with Crippen LogP contribution < -0.4 is 10.6 Å². The SMILES string of the molecule is CCCN(C(=O)C(NC(=O)OC(C)(C)C)C(C)C)C(C(=O)NCC(=O)OC)c1ccc(C)cc1C. The molecule has 0 aromatic heterocycles. The number of hydrogen-bond donors (Lipinski definition) is 2. The van der Waals surface area contributed by atoms with Gasteiger partial charge in [0.05, 0.1) is 7.11 Å². The van der Waals surface area contributed by atoms with E-state index in [1.54, 1.807) is 20.8 Å². The van der Waals surface area contributed by atoms with Gasteiger partial charge in [0.15, 0.2) is 0 Å². The number of ether oxygens (including phenoxy) is 2. The van der Waals surface area contributed by atoms with E-state index in [1.165, 1.54) is 12.0 Å². The minimum absolute atomic E-state index is 0.266. The van der Waals surface area contributed by atoms with Crippen LogP contribution in [0.1, 0.15) is 70.7 Å². The second-order valence-corrected chi connectivity index (χ2v) is 9.96. The molecule has 35 heavy (non-hydrogen) atoms. The lowest BCUT2D eigenvalue weighted by Gasteiger charge is -2.36. The zero-order valence-electron chi connectivity index (χ0n) is 22.5. The predicted octanol–water partition coefficient (Wildman–Crippen LogP) is 3.42. The summed E-state index contributed by atoms with van der Waals surface area (Å²) in [5.74, 6) is -1.79. The average molecular weight is 492 g/mol. The van der Waals surface area contributed by atoms with Crippen molar-refractivity contribution in [1.29, 1.82) is 0 Å². The number of rotatable bonds is 10. The zero-order chi connectivity index (χ0) is 26.9. The predicted molar refractivity (Wildman–Crippen MR) is 134 cm³/mol. The summed E-state index contributed by atoms with van der Waals surface area (Å²) >= 11 is 0. The van der Waals surface area contributed by atoms with E-state index in [2.05, 4.69) is 15.4 Å². The van der Waals surface area contributed by atoms with E-state index >= 15 is 0 Å². The van der Waals surface area contributed by atoms with Crippen molar-refractivity contribution in [1.82, 2.24) is 15.5 Å². The Labute approximate surface area is 208 Å². The van der Waals surface area contributed by atoms with Gasteiger partial charge in [-0.2, -0.15) is 0 Å². The van der Waals surface area contributed by atoms with Crippen molar-refractivity contribution >= 4 is 23.9 Å². The number of aryl methyl sites for hydroxylation is 2. The Hall–Kier alpha value is -3.10. The molecular formula is C26H41N3O6. The third-order valence-corrected chi connectivity index (χ3v) is 5.27. The summed E-state index contributed by atoms with van der Waals surface area (Å²) < 4.78 is 10.00. The van der Waals surface area contributed by atoms with Crippen molar-refractivity contribution in [3.8, 4) is 0 Å². The summed E-state index contributed by atoms with van der Waals surface area (Å²) in [5, 5.41) is 5.27. The number of carbonyl (C=O) groups excluding carboxylic acids is 4. The molecule has 1 aromatic carbocycles. The van der Waals surface area contributed by atoms with E-state index < -0.39 is 41.6 Å². The van der Waals surface area contributed by atoms with Crippen molar-refractivity contribution < 1.29 is 28.7 Å².